The highest BCUT2D eigenvalue weighted by Gasteiger charge is 2.34. The van der Waals surface area contributed by atoms with Crippen LogP contribution in [0, 0.1) is 0 Å². The van der Waals surface area contributed by atoms with Crippen LogP contribution in [-0.2, 0) is 24.1 Å². The second-order valence-corrected chi connectivity index (χ2v) is 5.56. The van der Waals surface area contributed by atoms with Crippen LogP contribution >= 0.6 is 0 Å². The Morgan fingerprint density at radius 2 is 2.21 bits per heavy atom. The molecule has 2 aromatic rings. The van der Waals surface area contributed by atoms with Gasteiger partial charge < -0.3 is 9.26 Å². The van der Waals surface area contributed by atoms with Gasteiger partial charge in [0.05, 0.1) is 6.54 Å². The molecule has 0 aliphatic carbocycles. The van der Waals surface area contributed by atoms with Crippen molar-refractivity contribution in [3.63, 3.8) is 0 Å². The van der Waals surface area contributed by atoms with Crippen molar-refractivity contribution in [3.05, 3.63) is 35.5 Å². The van der Waals surface area contributed by atoms with Crippen LogP contribution in [0.25, 0.3) is 0 Å². The Morgan fingerprint density at radius 1 is 1.38 bits per heavy atom. The normalized spacial score (nSPS) is 19.1. The lowest BCUT2D eigenvalue weighted by Crippen LogP contribution is -2.21. The van der Waals surface area contributed by atoms with Gasteiger partial charge in [0.15, 0.2) is 5.82 Å². The van der Waals surface area contributed by atoms with Crippen LogP contribution in [0.5, 0.6) is 0 Å². The molecule has 0 amide bonds. The maximum Gasteiger partial charge on any atom is 0.433 e. The number of aromatic nitrogens is 4. The number of alkyl halides is 3. The predicted octanol–water partition coefficient (Wildman–Crippen LogP) is 2.01. The lowest BCUT2D eigenvalue weighted by atomic mass is 10.1. The van der Waals surface area contributed by atoms with E-state index in [4.69, 9.17) is 9.26 Å². The summed E-state index contributed by atoms with van der Waals surface area (Å²) in [4.78, 5) is 13.9. The Labute approximate surface area is 135 Å². The van der Waals surface area contributed by atoms with Crippen molar-refractivity contribution in [3.8, 4) is 0 Å². The zero-order chi connectivity index (χ0) is 17.2. The Kier molecular flexibility index (Phi) is 4.76. The molecule has 1 atom stereocenters. The van der Waals surface area contributed by atoms with Crippen molar-refractivity contribution >= 4 is 0 Å². The van der Waals surface area contributed by atoms with E-state index < -0.39 is 11.9 Å². The maximum atomic E-state index is 12.7. The van der Waals surface area contributed by atoms with Crippen LogP contribution in [0.15, 0.2) is 16.8 Å². The fourth-order valence-electron chi connectivity index (χ4n) is 2.65. The number of nitrogens with zero attached hydrogens (tertiary/aromatic N) is 5. The number of ether oxygens (including phenoxy) is 1. The van der Waals surface area contributed by atoms with E-state index in [2.05, 4.69) is 20.1 Å². The van der Waals surface area contributed by atoms with Gasteiger partial charge in [0.2, 0.25) is 5.89 Å². The third-order valence-electron chi connectivity index (χ3n) is 3.74. The second-order valence-electron chi connectivity index (χ2n) is 5.56. The summed E-state index contributed by atoms with van der Waals surface area (Å²) in [6.45, 7) is 1.95. The topological polar surface area (TPSA) is 77.2 Å². The molecular weight excluding hydrogens is 327 g/mol. The summed E-state index contributed by atoms with van der Waals surface area (Å²) in [5.74, 6) is 0.990. The molecular formula is C14H16F3N5O2. The minimum absolute atomic E-state index is 0.145. The molecule has 7 nitrogen and oxygen atoms in total. The molecule has 0 aromatic carbocycles. The number of hydrogen-bond acceptors (Lipinski definition) is 7. The van der Waals surface area contributed by atoms with Gasteiger partial charge in [-0.3, -0.25) is 4.90 Å². The van der Waals surface area contributed by atoms with Crippen molar-refractivity contribution in [1.29, 1.82) is 0 Å². The minimum Gasteiger partial charge on any atom is -0.377 e. The molecule has 0 radical (unpaired) electrons. The highest BCUT2D eigenvalue weighted by atomic mass is 19.4. The van der Waals surface area contributed by atoms with Gasteiger partial charge in [-0.1, -0.05) is 5.16 Å². The fraction of sp³-hybridized carbons (Fsp3) is 0.571. The molecule has 1 fully saturated rings. The molecule has 1 aliphatic rings. The van der Waals surface area contributed by atoms with Crippen LogP contribution in [-0.4, -0.2) is 45.2 Å². The molecule has 0 unspecified atom stereocenters. The predicted molar refractivity (Wildman–Crippen MR) is 74.7 cm³/mol. The molecule has 2 aromatic heterocycles. The Bertz CT molecular complexity index is 691. The first-order valence-electron chi connectivity index (χ1n) is 7.38. The Morgan fingerprint density at radius 3 is 2.96 bits per heavy atom. The van der Waals surface area contributed by atoms with Crippen LogP contribution < -0.4 is 0 Å². The average Bonchev–Trinajstić information content (AvgIpc) is 3.17. The summed E-state index contributed by atoms with van der Waals surface area (Å²) in [6, 6.07) is 0.881. The van der Waals surface area contributed by atoms with Gasteiger partial charge in [-0.15, -0.1) is 0 Å². The zero-order valence-electron chi connectivity index (χ0n) is 13.0. The van der Waals surface area contributed by atoms with Gasteiger partial charge in [0.1, 0.15) is 18.1 Å². The van der Waals surface area contributed by atoms with E-state index in [0.717, 1.165) is 12.3 Å². The van der Waals surface area contributed by atoms with Gasteiger partial charge >= 0.3 is 6.18 Å². The molecule has 0 bridgehead atoms. The lowest BCUT2D eigenvalue weighted by Gasteiger charge is -2.13. The third-order valence-corrected chi connectivity index (χ3v) is 3.74. The third kappa shape index (κ3) is 3.88. The minimum atomic E-state index is -4.46. The molecule has 3 heterocycles. The van der Waals surface area contributed by atoms with Gasteiger partial charge in [-0.05, 0) is 19.0 Å². The SMILES string of the molecule is COCc1noc(CN2CC[C@H](c3nccc(C(F)(F)F)n3)C2)n1. The summed E-state index contributed by atoms with van der Waals surface area (Å²) in [6.07, 6.45) is -2.62. The molecule has 130 valence electrons. The molecule has 24 heavy (non-hydrogen) atoms. The molecule has 0 N–H and O–H groups in total. The van der Waals surface area contributed by atoms with Gasteiger partial charge in [-0.2, -0.15) is 18.2 Å². The summed E-state index contributed by atoms with van der Waals surface area (Å²) >= 11 is 0. The lowest BCUT2D eigenvalue weighted by molar-refractivity contribution is -0.141. The van der Waals surface area contributed by atoms with E-state index in [0.29, 0.717) is 37.8 Å². The Balaban J connectivity index is 1.62. The van der Waals surface area contributed by atoms with Crippen molar-refractivity contribution in [2.45, 2.75) is 31.7 Å². The van der Waals surface area contributed by atoms with E-state index in [9.17, 15) is 13.2 Å². The first-order chi connectivity index (χ1) is 11.5. The average molecular weight is 343 g/mol. The first kappa shape index (κ1) is 16.8. The highest BCUT2D eigenvalue weighted by Crippen LogP contribution is 2.30. The number of hydrogen-bond donors (Lipinski definition) is 0. The van der Waals surface area contributed by atoms with E-state index in [1.54, 1.807) is 0 Å². The van der Waals surface area contributed by atoms with Crippen molar-refractivity contribution in [2.75, 3.05) is 20.2 Å². The molecule has 3 rings (SSSR count). The summed E-state index contributed by atoms with van der Waals surface area (Å²) in [7, 11) is 1.54. The summed E-state index contributed by atoms with van der Waals surface area (Å²) in [5.41, 5.74) is -0.910. The molecule has 1 aliphatic heterocycles. The van der Waals surface area contributed by atoms with E-state index in [-0.39, 0.29) is 18.3 Å². The van der Waals surface area contributed by atoms with Crippen molar-refractivity contribution in [2.24, 2.45) is 0 Å². The zero-order valence-corrected chi connectivity index (χ0v) is 13.0. The van der Waals surface area contributed by atoms with E-state index >= 15 is 0 Å². The van der Waals surface area contributed by atoms with Crippen LogP contribution in [0.4, 0.5) is 13.2 Å². The largest absolute Gasteiger partial charge is 0.433 e. The molecule has 1 saturated heterocycles. The number of methoxy groups -OCH3 is 1. The van der Waals surface area contributed by atoms with Gasteiger partial charge in [0.25, 0.3) is 0 Å². The van der Waals surface area contributed by atoms with Crippen LogP contribution in [0.2, 0.25) is 0 Å². The number of likely N-dealkylation sites (tertiary alicyclic amines) is 1. The number of halogens is 3. The molecule has 0 saturated carbocycles. The van der Waals surface area contributed by atoms with Gasteiger partial charge in [-0.25, -0.2) is 9.97 Å². The first-order valence-corrected chi connectivity index (χ1v) is 7.38. The standard InChI is InChI=1S/C14H16F3N5O2/c1-23-8-11-20-12(24-21-11)7-22-5-3-9(6-22)13-18-4-2-10(19-13)14(15,16)17/h2,4,9H,3,5-8H2,1H3/t9-/m0/s1. The quantitative estimate of drug-likeness (QED) is 0.822. The van der Waals surface area contributed by atoms with Gasteiger partial charge in [0, 0.05) is 25.8 Å². The number of rotatable bonds is 5. The summed E-state index contributed by atoms with van der Waals surface area (Å²) in [5, 5.41) is 3.78. The maximum absolute atomic E-state index is 12.7. The fourth-order valence-corrected chi connectivity index (χ4v) is 2.65. The smallest absolute Gasteiger partial charge is 0.377 e. The Hall–Kier alpha value is -2.07. The second kappa shape index (κ2) is 6.81. The molecule has 0 spiro atoms. The van der Waals surface area contributed by atoms with Crippen LogP contribution in [0.3, 0.4) is 0 Å². The van der Waals surface area contributed by atoms with Crippen molar-refractivity contribution in [1.82, 2.24) is 25.0 Å². The van der Waals surface area contributed by atoms with Crippen molar-refractivity contribution < 1.29 is 22.4 Å². The summed E-state index contributed by atoms with van der Waals surface area (Å²) < 4.78 is 48.3. The van der Waals surface area contributed by atoms with E-state index in [1.165, 1.54) is 7.11 Å². The molecule has 10 heteroatoms. The monoisotopic (exact) mass is 343 g/mol. The van der Waals surface area contributed by atoms with E-state index in [1.807, 2.05) is 4.90 Å². The van der Waals surface area contributed by atoms with Crippen LogP contribution in [0.1, 0.15) is 35.6 Å². The highest BCUT2D eigenvalue weighted by molar-refractivity contribution is 5.10.